The van der Waals surface area contributed by atoms with Crippen LogP contribution in [0.5, 0.6) is 0 Å². The van der Waals surface area contributed by atoms with Crippen LogP contribution in [0.15, 0.2) is 47.1 Å². The molecule has 29 heavy (non-hydrogen) atoms. The molecular formula is C21H20ClN3O4. The fourth-order valence-electron chi connectivity index (χ4n) is 3.84. The van der Waals surface area contributed by atoms with Crippen molar-refractivity contribution in [3.63, 3.8) is 0 Å². The Hall–Kier alpha value is -2.61. The van der Waals surface area contributed by atoms with Gasteiger partial charge in [-0.15, -0.1) is 0 Å². The average Bonchev–Trinajstić information content (AvgIpc) is 3.40. The van der Waals surface area contributed by atoms with Gasteiger partial charge in [0, 0.05) is 42.7 Å². The topological polar surface area (TPSA) is 76.8 Å². The van der Waals surface area contributed by atoms with Gasteiger partial charge in [-0.05, 0) is 30.3 Å². The normalized spacial score (nSPS) is 18.4. The summed E-state index contributed by atoms with van der Waals surface area (Å²) in [5.41, 5.74) is 1.77. The van der Waals surface area contributed by atoms with E-state index >= 15 is 0 Å². The molecule has 8 heteroatoms. The van der Waals surface area contributed by atoms with Crippen LogP contribution in [0.3, 0.4) is 0 Å². The number of halogens is 1. The molecule has 1 amide bonds. The summed E-state index contributed by atoms with van der Waals surface area (Å²) in [5, 5.41) is 4.72. The first kappa shape index (κ1) is 18.4. The number of carbonyl (C=O) groups is 1. The van der Waals surface area contributed by atoms with Crippen molar-refractivity contribution < 1.29 is 18.7 Å². The van der Waals surface area contributed by atoms with E-state index in [2.05, 4.69) is 10.3 Å². The highest BCUT2D eigenvalue weighted by molar-refractivity contribution is 6.30. The molecule has 0 bridgehead atoms. The largest absolute Gasteiger partial charge is 0.464 e. The summed E-state index contributed by atoms with van der Waals surface area (Å²) in [5.74, 6) is -0.0793. The lowest BCUT2D eigenvalue weighted by molar-refractivity contribution is -0.181. The number of amides is 1. The van der Waals surface area contributed by atoms with Crippen molar-refractivity contribution in [1.29, 1.82) is 0 Å². The Balaban J connectivity index is 1.40. The van der Waals surface area contributed by atoms with E-state index in [-0.39, 0.29) is 5.91 Å². The van der Waals surface area contributed by atoms with Crippen molar-refractivity contribution in [2.45, 2.75) is 18.6 Å². The predicted octanol–water partition coefficient (Wildman–Crippen LogP) is 4.20. The van der Waals surface area contributed by atoms with Crippen molar-refractivity contribution in [3.8, 4) is 0 Å². The molecule has 4 heterocycles. The molecule has 5 rings (SSSR count). The number of furan rings is 1. The Morgan fingerprint density at radius 3 is 2.55 bits per heavy atom. The van der Waals surface area contributed by atoms with E-state index in [1.807, 2.05) is 18.2 Å². The van der Waals surface area contributed by atoms with Crippen molar-refractivity contribution in [1.82, 2.24) is 9.88 Å². The molecule has 3 aromatic rings. The number of nitrogens with zero attached hydrogens (tertiary/aromatic N) is 2. The summed E-state index contributed by atoms with van der Waals surface area (Å²) in [6.45, 7) is 2.36. The molecule has 1 aromatic carbocycles. The maximum Gasteiger partial charge on any atom is 0.272 e. The molecule has 2 aliphatic rings. The zero-order chi connectivity index (χ0) is 19.8. The number of ether oxygens (including phenoxy) is 2. The van der Waals surface area contributed by atoms with Gasteiger partial charge in [0.05, 0.1) is 24.9 Å². The van der Waals surface area contributed by atoms with E-state index < -0.39 is 5.79 Å². The Labute approximate surface area is 172 Å². The molecule has 1 N–H and O–H groups in total. The molecule has 2 fully saturated rings. The number of nitrogens with one attached hydrogen (secondary N) is 1. The number of fused-ring (bicyclic) bond motifs is 1. The molecule has 2 saturated heterocycles. The number of rotatable bonds is 3. The lowest BCUT2D eigenvalue weighted by Crippen LogP contribution is -2.47. The Morgan fingerprint density at radius 1 is 1.10 bits per heavy atom. The average molecular weight is 414 g/mol. The van der Waals surface area contributed by atoms with Crippen LogP contribution in [0.4, 0.5) is 11.5 Å². The zero-order valence-corrected chi connectivity index (χ0v) is 16.4. The van der Waals surface area contributed by atoms with Crippen molar-refractivity contribution in [2.75, 3.05) is 31.6 Å². The Morgan fingerprint density at radius 2 is 1.83 bits per heavy atom. The van der Waals surface area contributed by atoms with E-state index in [0.717, 1.165) is 11.1 Å². The van der Waals surface area contributed by atoms with Crippen molar-refractivity contribution >= 4 is 40.0 Å². The van der Waals surface area contributed by atoms with Crippen LogP contribution >= 0.6 is 11.6 Å². The number of hydrogen-bond acceptors (Lipinski definition) is 6. The second-order valence-corrected chi connectivity index (χ2v) is 7.66. The van der Waals surface area contributed by atoms with Crippen LogP contribution in [0.1, 0.15) is 23.3 Å². The number of likely N-dealkylation sites (tertiary alicyclic amines) is 1. The van der Waals surface area contributed by atoms with Gasteiger partial charge < -0.3 is 24.1 Å². The summed E-state index contributed by atoms with van der Waals surface area (Å²) in [4.78, 5) is 19.5. The number of aromatic nitrogens is 1. The smallest absolute Gasteiger partial charge is 0.272 e. The molecule has 2 aromatic heterocycles. The van der Waals surface area contributed by atoms with Crippen LogP contribution in [-0.4, -0.2) is 47.9 Å². The standard InChI is InChI=1S/C21H20ClN3O4/c22-14-1-3-15(4-2-14)23-19-16-5-10-27-18(16)13-17(24-19)20(26)25-8-6-21(7-9-25)28-11-12-29-21/h1-5,10,13H,6-9,11-12H2,(H,23,24). The highest BCUT2D eigenvalue weighted by Crippen LogP contribution is 2.32. The summed E-state index contributed by atoms with van der Waals surface area (Å²) in [6.07, 6.45) is 2.92. The summed E-state index contributed by atoms with van der Waals surface area (Å²) in [6, 6.07) is 10.8. The third-order valence-corrected chi connectivity index (χ3v) is 5.65. The predicted molar refractivity (Wildman–Crippen MR) is 109 cm³/mol. The monoisotopic (exact) mass is 413 g/mol. The highest BCUT2D eigenvalue weighted by Gasteiger charge is 2.41. The molecule has 0 aliphatic carbocycles. The van der Waals surface area contributed by atoms with Gasteiger partial charge in [0.2, 0.25) is 0 Å². The van der Waals surface area contributed by atoms with Gasteiger partial charge in [-0.1, -0.05) is 11.6 Å². The molecule has 2 aliphatic heterocycles. The van der Waals surface area contributed by atoms with Gasteiger partial charge in [0.1, 0.15) is 17.1 Å². The molecule has 0 radical (unpaired) electrons. The van der Waals surface area contributed by atoms with Gasteiger partial charge in [-0.3, -0.25) is 4.79 Å². The van der Waals surface area contributed by atoms with E-state index in [0.29, 0.717) is 61.3 Å². The molecule has 0 atom stereocenters. The quantitative estimate of drug-likeness (QED) is 0.693. The SMILES string of the molecule is O=C(c1cc2occc2c(Nc2ccc(Cl)cc2)n1)N1CCC2(CC1)OCCO2. The minimum Gasteiger partial charge on any atom is -0.464 e. The van der Waals surface area contributed by atoms with Crippen LogP contribution in [0.2, 0.25) is 5.02 Å². The molecule has 7 nitrogen and oxygen atoms in total. The summed E-state index contributed by atoms with van der Waals surface area (Å²) >= 11 is 5.96. The van der Waals surface area contributed by atoms with Crippen molar-refractivity contribution in [2.24, 2.45) is 0 Å². The van der Waals surface area contributed by atoms with Crippen LogP contribution < -0.4 is 5.32 Å². The Bertz CT molecular complexity index is 1030. The second kappa shape index (κ2) is 7.33. The summed E-state index contributed by atoms with van der Waals surface area (Å²) in [7, 11) is 0. The van der Waals surface area contributed by atoms with E-state index in [1.54, 1.807) is 29.4 Å². The fraction of sp³-hybridized carbons (Fsp3) is 0.333. The van der Waals surface area contributed by atoms with Gasteiger partial charge in [-0.2, -0.15) is 0 Å². The number of hydrogen-bond donors (Lipinski definition) is 1. The molecule has 1 spiro atoms. The third kappa shape index (κ3) is 3.57. The van der Waals surface area contributed by atoms with E-state index in [1.165, 1.54) is 0 Å². The highest BCUT2D eigenvalue weighted by atomic mass is 35.5. The fourth-order valence-corrected chi connectivity index (χ4v) is 3.96. The van der Waals surface area contributed by atoms with E-state index in [4.69, 9.17) is 25.5 Å². The van der Waals surface area contributed by atoms with E-state index in [9.17, 15) is 4.79 Å². The first-order valence-corrected chi connectivity index (χ1v) is 9.98. The van der Waals surface area contributed by atoms with Crippen LogP contribution in [0.25, 0.3) is 11.0 Å². The third-order valence-electron chi connectivity index (χ3n) is 5.40. The zero-order valence-electron chi connectivity index (χ0n) is 15.7. The first-order chi connectivity index (χ1) is 14.1. The molecule has 0 unspecified atom stereocenters. The molecule has 0 saturated carbocycles. The first-order valence-electron chi connectivity index (χ1n) is 9.60. The number of pyridine rings is 1. The maximum atomic E-state index is 13.1. The van der Waals surface area contributed by atoms with Crippen molar-refractivity contribution in [3.05, 3.63) is 53.4 Å². The minimum absolute atomic E-state index is 0.129. The number of anilines is 2. The summed E-state index contributed by atoms with van der Waals surface area (Å²) < 4.78 is 17.1. The number of piperidine rings is 1. The second-order valence-electron chi connectivity index (χ2n) is 7.22. The lowest BCUT2D eigenvalue weighted by Gasteiger charge is -2.37. The molecular weight excluding hydrogens is 394 g/mol. The number of carbonyl (C=O) groups excluding carboxylic acids is 1. The van der Waals surface area contributed by atoms with Crippen LogP contribution in [-0.2, 0) is 9.47 Å². The van der Waals surface area contributed by atoms with Gasteiger partial charge in [0.25, 0.3) is 5.91 Å². The lowest BCUT2D eigenvalue weighted by atomic mass is 10.0. The van der Waals surface area contributed by atoms with Gasteiger partial charge >= 0.3 is 0 Å². The minimum atomic E-state index is -0.517. The number of benzene rings is 1. The van der Waals surface area contributed by atoms with Crippen LogP contribution in [0, 0.1) is 0 Å². The maximum absolute atomic E-state index is 13.1. The van der Waals surface area contributed by atoms with Gasteiger partial charge in [0.15, 0.2) is 5.79 Å². The Kier molecular flexibility index (Phi) is 4.66. The molecule has 150 valence electrons. The van der Waals surface area contributed by atoms with Gasteiger partial charge in [-0.25, -0.2) is 4.98 Å².